The van der Waals surface area contributed by atoms with Gasteiger partial charge in [0.1, 0.15) is 0 Å². The number of aryl methyl sites for hydroxylation is 1. The number of carbonyl (C=O) groups is 2. The van der Waals surface area contributed by atoms with E-state index in [4.69, 9.17) is 13.9 Å². The van der Waals surface area contributed by atoms with Crippen LogP contribution in [0.2, 0.25) is 0 Å². The van der Waals surface area contributed by atoms with E-state index in [1.54, 1.807) is 0 Å². The van der Waals surface area contributed by atoms with E-state index in [9.17, 15) is 18.4 Å². The normalized spacial score (nSPS) is 10.4. The van der Waals surface area contributed by atoms with Gasteiger partial charge < -0.3 is 5.73 Å². The van der Waals surface area contributed by atoms with Crippen molar-refractivity contribution in [3.8, 4) is 5.75 Å². The van der Waals surface area contributed by atoms with Crippen molar-refractivity contribution in [1.29, 1.82) is 0 Å². The molecular formula is C17H21AsN2O6. The summed E-state index contributed by atoms with van der Waals surface area (Å²) in [5.74, 6) is -0.910. The van der Waals surface area contributed by atoms with Gasteiger partial charge in [-0.15, -0.1) is 0 Å². The van der Waals surface area contributed by atoms with Gasteiger partial charge in [-0.1, -0.05) is 30.3 Å². The number of anilines is 1. The number of nitrogens with one attached hydrogen (secondary N) is 1. The van der Waals surface area contributed by atoms with E-state index in [0.717, 1.165) is 30.2 Å². The predicted molar refractivity (Wildman–Crippen MR) is 96.9 cm³/mol. The van der Waals surface area contributed by atoms with Gasteiger partial charge in [-0.05, 0) is 12.0 Å². The van der Waals surface area contributed by atoms with Crippen LogP contribution >= 0.6 is 0 Å². The quantitative estimate of drug-likeness (QED) is 0.337. The molecule has 0 aliphatic carbocycles. The first kappa shape index (κ1) is 21.5. The molecule has 0 aliphatic rings. The first-order chi connectivity index (χ1) is 12.1. The zero-order chi connectivity index (χ0) is 19.7. The second-order valence-corrected chi connectivity index (χ2v) is 8.74. The summed E-state index contributed by atoms with van der Waals surface area (Å²) >= 11 is -4.98. The average Bonchev–Trinajstić information content (AvgIpc) is 2.55. The minimum atomic E-state index is -4.98. The average molecular weight is 424 g/mol. The van der Waals surface area contributed by atoms with Crippen LogP contribution in [0.4, 0.5) is 5.69 Å². The van der Waals surface area contributed by atoms with Crippen LogP contribution in [0.5, 0.6) is 5.75 Å². The Labute approximate surface area is 153 Å². The molecule has 0 fully saturated rings. The summed E-state index contributed by atoms with van der Waals surface area (Å²) < 4.78 is 28.6. The fourth-order valence-electron chi connectivity index (χ4n) is 1.91. The molecule has 8 nitrogen and oxygen atoms in total. The maximum absolute atomic E-state index is 10.9. The van der Waals surface area contributed by atoms with Crippen LogP contribution < -0.4 is 15.4 Å². The molecule has 2 rings (SSSR count). The minimum Gasteiger partial charge on any atom is -0.370 e. The SMILES string of the molecule is CC(=O)Nc1cc([As](=O)(O)O)ccc1O.NC(=O)CCc1ccccc1. The van der Waals surface area contributed by atoms with E-state index in [1.807, 2.05) is 30.3 Å². The summed E-state index contributed by atoms with van der Waals surface area (Å²) in [6.45, 7) is 1.23. The molecule has 140 valence electrons. The van der Waals surface area contributed by atoms with Crippen LogP contribution in [-0.4, -0.2) is 39.3 Å². The van der Waals surface area contributed by atoms with Gasteiger partial charge in [0.05, 0.1) is 0 Å². The van der Waals surface area contributed by atoms with Crippen molar-refractivity contribution in [3.05, 3.63) is 54.1 Å². The van der Waals surface area contributed by atoms with Gasteiger partial charge in [-0.2, -0.15) is 0 Å². The molecule has 0 unspecified atom stereocenters. The topological polar surface area (TPSA) is 150 Å². The maximum atomic E-state index is 10.9. The molecule has 0 aromatic heterocycles. The van der Waals surface area contributed by atoms with Gasteiger partial charge in [0.25, 0.3) is 0 Å². The summed E-state index contributed by atoms with van der Waals surface area (Å²) in [7, 11) is 0. The number of benzene rings is 2. The summed E-state index contributed by atoms with van der Waals surface area (Å²) in [5.41, 5.74) is 6.15. The van der Waals surface area contributed by atoms with Gasteiger partial charge in [0.15, 0.2) is 0 Å². The van der Waals surface area contributed by atoms with Gasteiger partial charge >= 0.3 is 88.1 Å². The van der Waals surface area contributed by atoms with E-state index in [-0.39, 0.29) is 21.7 Å². The fourth-order valence-corrected chi connectivity index (χ4v) is 3.09. The van der Waals surface area contributed by atoms with E-state index in [1.165, 1.54) is 6.92 Å². The first-order valence-electron chi connectivity index (χ1n) is 7.58. The summed E-state index contributed by atoms with van der Waals surface area (Å²) in [4.78, 5) is 21.1. The zero-order valence-electron chi connectivity index (χ0n) is 14.1. The number of carbonyl (C=O) groups excluding carboxylic acids is 2. The van der Waals surface area contributed by atoms with Crippen molar-refractivity contribution in [2.24, 2.45) is 5.73 Å². The third kappa shape index (κ3) is 8.02. The monoisotopic (exact) mass is 424 g/mol. The Morgan fingerprint density at radius 2 is 1.73 bits per heavy atom. The smallest absolute Gasteiger partial charge is 0.217 e. The molecule has 2 aromatic rings. The summed E-state index contributed by atoms with van der Waals surface area (Å²) in [6.07, 6.45) is 1.18. The number of aromatic hydroxyl groups is 1. The van der Waals surface area contributed by atoms with E-state index >= 15 is 0 Å². The third-order valence-electron chi connectivity index (χ3n) is 3.13. The number of phenolic OH excluding ortho intramolecular Hbond substituents is 1. The van der Waals surface area contributed by atoms with Crippen molar-refractivity contribution in [2.45, 2.75) is 19.8 Å². The molecule has 26 heavy (non-hydrogen) atoms. The van der Waals surface area contributed by atoms with Crippen LogP contribution in [0.25, 0.3) is 0 Å². The minimum absolute atomic E-state index is 0.00951. The van der Waals surface area contributed by atoms with Gasteiger partial charge in [0, 0.05) is 6.42 Å². The van der Waals surface area contributed by atoms with Crippen LogP contribution in [0.1, 0.15) is 18.9 Å². The number of hydrogen-bond acceptors (Lipinski definition) is 4. The van der Waals surface area contributed by atoms with Gasteiger partial charge in [0.2, 0.25) is 5.91 Å². The molecule has 0 radical (unpaired) electrons. The number of nitrogens with two attached hydrogens (primary N) is 1. The van der Waals surface area contributed by atoms with E-state index in [0.29, 0.717) is 6.42 Å². The molecule has 0 heterocycles. The Hall–Kier alpha value is -2.54. The van der Waals surface area contributed by atoms with Crippen molar-refractivity contribution >= 4 is 36.0 Å². The predicted octanol–water partition coefficient (Wildman–Crippen LogP) is 0.0161. The van der Waals surface area contributed by atoms with Crippen LogP contribution in [0.15, 0.2) is 48.5 Å². The Morgan fingerprint density at radius 1 is 1.12 bits per heavy atom. The number of amides is 2. The van der Waals surface area contributed by atoms with Crippen LogP contribution in [0.3, 0.4) is 0 Å². The fraction of sp³-hybridized carbons (Fsp3) is 0.176. The van der Waals surface area contributed by atoms with E-state index < -0.39 is 20.1 Å². The van der Waals surface area contributed by atoms with Gasteiger partial charge in [-0.25, -0.2) is 0 Å². The molecule has 9 heteroatoms. The first-order valence-corrected chi connectivity index (χ1v) is 11.0. The summed E-state index contributed by atoms with van der Waals surface area (Å²) in [6, 6.07) is 13.2. The van der Waals surface area contributed by atoms with Crippen molar-refractivity contribution < 1.29 is 26.6 Å². The Morgan fingerprint density at radius 3 is 2.23 bits per heavy atom. The second kappa shape index (κ2) is 9.82. The van der Waals surface area contributed by atoms with E-state index in [2.05, 4.69) is 5.32 Å². The third-order valence-corrected chi connectivity index (χ3v) is 5.13. The van der Waals surface area contributed by atoms with Crippen molar-refractivity contribution in [1.82, 2.24) is 0 Å². The Kier molecular flexibility index (Phi) is 8.12. The molecule has 0 bridgehead atoms. The number of rotatable bonds is 5. The van der Waals surface area contributed by atoms with Gasteiger partial charge in [-0.3, -0.25) is 4.79 Å². The molecule has 0 spiro atoms. The zero-order valence-corrected chi connectivity index (χ0v) is 16.0. The molecule has 6 N–H and O–H groups in total. The Bertz CT molecular complexity index is 804. The molecule has 2 aromatic carbocycles. The van der Waals surface area contributed by atoms with Crippen molar-refractivity contribution in [3.63, 3.8) is 0 Å². The van der Waals surface area contributed by atoms with Crippen molar-refractivity contribution in [2.75, 3.05) is 5.32 Å². The second-order valence-electron chi connectivity index (χ2n) is 5.38. The van der Waals surface area contributed by atoms with Crippen LogP contribution in [0, 0.1) is 0 Å². The number of primary amides is 1. The standard InChI is InChI=1S/C9H11NO.C8H10AsNO5/c10-9(11)7-6-8-4-2-1-3-5-8;1-5(11)10-7-4-6(9(13,14)15)2-3-8(7)12/h1-5H,6-7H2,(H2,10,11);2-4,12H,1H3,(H,10,11)(H2,13,14,15). The molecule has 0 aliphatic heterocycles. The molecule has 0 atom stereocenters. The maximum Gasteiger partial charge on any atom is 0.217 e. The molecule has 0 saturated carbocycles. The van der Waals surface area contributed by atoms with Crippen LogP contribution in [-0.2, 0) is 19.7 Å². The number of phenols is 1. The number of hydrogen-bond donors (Lipinski definition) is 5. The molecule has 0 saturated heterocycles. The summed E-state index contributed by atoms with van der Waals surface area (Å²) in [5, 5.41) is 11.6. The molecule has 2 amide bonds. The largest absolute Gasteiger partial charge is 0.370 e. The Balaban J connectivity index is 0.000000273. The molecular weight excluding hydrogens is 403 g/mol.